The fourth-order valence-electron chi connectivity index (χ4n) is 3.22. The van der Waals surface area contributed by atoms with E-state index in [1.807, 2.05) is 0 Å². The molecule has 0 aliphatic heterocycles. The maximum atomic E-state index is 14.1. The maximum absolute atomic E-state index is 14.1. The highest BCUT2D eigenvalue weighted by molar-refractivity contribution is 7.92. The van der Waals surface area contributed by atoms with E-state index in [0.717, 1.165) is 12.3 Å². The van der Waals surface area contributed by atoms with Crippen LogP contribution < -0.4 is 18.9 Å². The number of benzene rings is 2. The van der Waals surface area contributed by atoms with Gasteiger partial charge in [0, 0.05) is 0 Å². The molecule has 1 N–H and O–H groups in total. The molecule has 2 heterocycles. The number of hydrogen-bond donors (Lipinski definition) is 1. The minimum Gasteiger partial charge on any atom is -0.619 e. The summed E-state index contributed by atoms with van der Waals surface area (Å²) in [6, 6.07) is 12.5. The predicted molar refractivity (Wildman–Crippen MR) is 123 cm³/mol. The number of fused-ring (bicyclic) bond motifs is 1. The van der Waals surface area contributed by atoms with Crippen molar-refractivity contribution in [1.82, 2.24) is 9.97 Å². The van der Waals surface area contributed by atoms with Crippen LogP contribution in [0.5, 0.6) is 11.6 Å². The van der Waals surface area contributed by atoms with Crippen LogP contribution in [0.15, 0.2) is 71.9 Å². The van der Waals surface area contributed by atoms with Gasteiger partial charge in [0.1, 0.15) is 4.90 Å². The van der Waals surface area contributed by atoms with Crippen LogP contribution in [0.2, 0.25) is 5.02 Å². The Morgan fingerprint density at radius 1 is 1.06 bits per heavy atom. The summed E-state index contributed by atoms with van der Waals surface area (Å²) in [6.45, 7) is 0. The molecule has 0 bridgehead atoms. The number of methoxy groups -OCH3 is 1. The van der Waals surface area contributed by atoms with E-state index in [-0.39, 0.29) is 31.4 Å². The number of halogens is 4. The van der Waals surface area contributed by atoms with Crippen LogP contribution in [0.25, 0.3) is 11.0 Å². The van der Waals surface area contributed by atoms with Gasteiger partial charge >= 0.3 is 6.18 Å². The second-order valence-electron chi connectivity index (χ2n) is 7.31. The van der Waals surface area contributed by atoms with Crippen molar-refractivity contribution < 1.29 is 35.8 Å². The zero-order valence-electron chi connectivity index (χ0n) is 18.2. The van der Waals surface area contributed by atoms with Crippen molar-refractivity contribution in [3.8, 4) is 11.6 Å². The van der Waals surface area contributed by atoms with Gasteiger partial charge in [-0.2, -0.15) is 17.9 Å². The summed E-state index contributed by atoms with van der Waals surface area (Å²) >= 11 is 6.00. The van der Waals surface area contributed by atoms with Crippen molar-refractivity contribution in [2.45, 2.75) is 17.2 Å². The van der Waals surface area contributed by atoms with Crippen LogP contribution in [0.4, 0.5) is 19.0 Å². The number of sulfonamides is 1. The van der Waals surface area contributed by atoms with Crippen molar-refractivity contribution in [3.05, 3.63) is 82.8 Å². The highest BCUT2D eigenvalue weighted by atomic mass is 35.5. The van der Waals surface area contributed by atoms with Crippen LogP contribution in [0.3, 0.4) is 0 Å². The van der Waals surface area contributed by atoms with Crippen LogP contribution in [0, 0.1) is 5.21 Å². The highest BCUT2D eigenvalue weighted by Gasteiger charge is 2.45. The van der Waals surface area contributed by atoms with Crippen molar-refractivity contribution in [2.24, 2.45) is 0 Å². The van der Waals surface area contributed by atoms with Crippen LogP contribution in [-0.4, -0.2) is 31.7 Å². The number of rotatable bonds is 7. The average molecular weight is 541 g/mol. The molecule has 14 heteroatoms. The lowest BCUT2D eigenvalue weighted by Crippen LogP contribution is -2.32. The number of hydrogen-bond acceptors (Lipinski definition) is 7. The van der Waals surface area contributed by atoms with Gasteiger partial charge in [0.05, 0.1) is 28.7 Å². The molecule has 36 heavy (non-hydrogen) atoms. The molecule has 0 radical (unpaired) electrons. The first-order valence-corrected chi connectivity index (χ1v) is 11.9. The molecule has 0 amide bonds. The number of ether oxygens (including phenoxy) is 2. The van der Waals surface area contributed by atoms with Gasteiger partial charge in [0.15, 0.2) is 11.9 Å². The molecule has 0 saturated heterocycles. The normalized spacial score (nSPS) is 12.8. The second kappa shape index (κ2) is 9.66. The standard InChI is InChI=1S/C22H16ClF3N4O5S/c1-34-14-10-13(11-30(31)12-14)19(22(24,25)26)35-21-20(27-16-7-3-4-8-17(16)28-21)29-36(32,33)18-9-5-2-6-15(18)23/h2-12,19H,1H3,(H,27,29). The van der Waals surface area contributed by atoms with E-state index in [1.54, 1.807) is 12.1 Å². The molecular weight excluding hydrogens is 525 g/mol. The third kappa shape index (κ3) is 5.36. The second-order valence-corrected chi connectivity index (χ2v) is 9.37. The topological polar surface area (TPSA) is 117 Å². The predicted octanol–water partition coefficient (Wildman–Crippen LogP) is 4.41. The number of nitrogens with zero attached hydrogens (tertiary/aromatic N) is 3. The number of anilines is 1. The molecule has 0 aliphatic carbocycles. The molecule has 1 atom stereocenters. The molecule has 0 fully saturated rings. The lowest BCUT2D eigenvalue weighted by atomic mass is 10.1. The van der Waals surface area contributed by atoms with Crippen LogP contribution in [0.1, 0.15) is 11.7 Å². The van der Waals surface area contributed by atoms with Crippen LogP contribution in [-0.2, 0) is 10.0 Å². The monoisotopic (exact) mass is 540 g/mol. The molecule has 9 nitrogen and oxygen atoms in total. The van der Waals surface area contributed by atoms with Crippen LogP contribution >= 0.6 is 11.6 Å². The Kier molecular flexibility index (Phi) is 6.78. The molecule has 0 spiro atoms. The Bertz CT molecular complexity index is 1540. The van der Waals surface area contributed by atoms with Gasteiger partial charge in [-0.25, -0.2) is 18.4 Å². The zero-order chi connectivity index (χ0) is 26.1. The van der Waals surface area contributed by atoms with Gasteiger partial charge < -0.3 is 14.7 Å². The first-order valence-electron chi connectivity index (χ1n) is 10.0. The average Bonchev–Trinajstić information content (AvgIpc) is 2.81. The van der Waals surface area contributed by atoms with Crippen molar-refractivity contribution in [3.63, 3.8) is 0 Å². The molecule has 1 unspecified atom stereocenters. The zero-order valence-corrected chi connectivity index (χ0v) is 19.8. The summed E-state index contributed by atoms with van der Waals surface area (Å²) in [4.78, 5) is 7.84. The summed E-state index contributed by atoms with van der Waals surface area (Å²) in [5.41, 5.74) is -0.283. The molecule has 2 aromatic heterocycles. The largest absolute Gasteiger partial charge is 0.619 e. The first kappa shape index (κ1) is 25.3. The van der Waals surface area contributed by atoms with Crippen molar-refractivity contribution in [1.29, 1.82) is 0 Å². The number of aromatic nitrogens is 3. The minimum atomic E-state index is -5.04. The number of pyridine rings is 1. The van der Waals surface area contributed by atoms with E-state index in [1.165, 1.54) is 43.5 Å². The molecule has 4 aromatic rings. The Balaban J connectivity index is 1.84. The summed E-state index contributed by atoms with van der Waals surface area (Å²) in [5.74, 6) is -1.53. The number of nitrogens with one attached hydrogen (secondary N) is 1. The summed E-state index contributed by atoms with van der Waals surface area (Å²) < 4.78 is 80.5. The van der Waals surface area contributed by atoms with Crippen molar-refractivity contribution >= 4 is 38.5 Å². The molecule has 0 aliphatic rings. The summed E-state index contributed by atoms with van der Waals surface area (Å²) in [6.07, 6.45) is -6.17. The fourth-order valence-corrected chi connectivity index (χ4v) is 4.74. The first-order chi connectivity index (χ1) is 17.0. The summed E-state index contributed by atoms with van der Waals surface area (Å²) in [7, 11) is -3.23. The molecule has 4 rings (SSSR count). The van der Waals surface area contributed by atoms with E-state index in [9.17, 15) is 26.8 Å². The van der Waals surface area contributed by atoms with E-state index in [0.29, 0.717) is 6.20 Å². The Labute approximate surface area is 207 Å². The minimum absolute atomic E-state index is 0.120. The number of alkyl halides is 3. The SMILES string of the molecule is COc1cc(C(Oc2nc3ccccc3nc2NS(=O)(=O)c2ccccc2Cl)C(F)(F)F)c[n+]([O-])c1. The third-order valence-corrected chi connectivity index (χ3v) is 6.64. The fraction of sp³-hybridized carbons (Fsp3) is 0.136. The lowest BCUT2D eigenvalue weighted by Gasteiger charge is -2.22. The van der Waals surface area contributed by atoms with E-state index in [2.05, 4.69) is 14.7 Å². The Morgan fingerprint density at radius 3 is 2.33 bits per heavy atom. The lowest BCUT2D eigenvalue weighted by molar-refractivity contribution is -0.606. The maximum Gasteiger partial charge on any atom is 0.430 e. The highest BCUT2D eigenvalue weighted by Crippen LogP contribution is 2.39. The van der Waals surface area contributed by atoms with E-state index >= 15 is 0 Å². The smallest absolute Gasteiger partial charge is 0.430 e. The quantitative estimate of drug-likeness (QED) is 0.272. The van der Waals surface area contributed by atoms with Gasteiger partial charge in [-0.05, 0) is 30.3 Å². The van der Waals surface area contributed by atoms with Gasteiger partial charge in [-0.3, -0.25) is 4.72 Å². The summed E-state index contributed by atoms with van der Waals surface area (Å²) in [5, 5.41) is 11.7. The van der Waals surface area contributed by atoms with Gasteiger partial charge in [0.25, 0.3) is 15.9 Å². The van der Waals surface area contributed by atoms with E-state index in [4.69, 9.17) is 21.1 Å². The van der Waals surface area contributed by atoms with Gasteiger partial charge in [-0.1, -0.05) is 35.9 Å². The third-order valence-electron chi connectivity index (χ3n) is 4.80. The molecule has 188 valence electrons. The molecule has 0 saturated carbocycles. The van der Waals surface area contributed by atoms with Crippen molar-refractivity contribution in [2.75, 3.05) is 11.8 Å². The van der Waals surface area contributed by atoms with Gasteiger partial charge in [-0.15, -0.1) is 0 Å². The number of para-hydroxylation sites is 2. The Morgan fingerprint density at radius 2 is 1.69 bits per heavy atom. The molecule has 2 aromatic carbocycles. The Hall–Kier alpha value is -3.84. The van der Waals surface area contributed by atoms with Gasteiger partial charge in [0.2, 0.25) is 18.1 Å². The molecular formula is C22H16ClF3N4O5S. The van der Waals surface area contributed by atoms with E-state index < -0.39 is 39.6 Å².